The lowest BCUT2D eigenvalue weighted by Crippen LogP contribution is -2.17. The van der Waals surface area contributed by atoms with E-state index in [0.29, 0.717) is 17.3 Å². The highest BCUT2D eigenvalue weighted by atomic mass is 32.1. The summed E-state index contributed by atoms with van der Waals surface area (Å²) >= 11 is 1.58. The number of imidazole rings is 1. The first kappa shape index (κ1) is 15.2. The number of rotatable bonds is 4. The maximum atomic E-state index is 12.6. The molecule has 25 heavy (non-hydrogen) atoms. The van der Waals surface area contributed by atoms with Gasteiger partial charge in [-0.25, -0.2) is 15.0 Å². The first-order chi connectivity index (χ1) is 12.2. The Kier molecular flexibility index (Phi) is 3.82. The van der Waals surface area contributed by atoms with Crippen LogP contribution < -0.4 is 5.32 Å². The minimum absolute atomic E-state index is 0.284. The van der Waals surface area contributed by atoms with E-state index in [1.165, 1.54) is 6.33 Å². The van der Waals surface area contributed by atoms with Gasteiger partial charge in [-0.15, -0.1) is 11.3 Å². The van der Waals surface area contributed by atoms with Crippen molar-refractivity contribution in [2.24, 2.45) is 7.05 Å². The molecule has 1 amide bonds. The van der Waals surface area contributed by atoms with Crippen LogP contribution in [0.3, 0.4) is 0 Å². The Labute approximate surface area is 146 Å². The van der Waals surface area contributed by atoms with Crippen molar-refractivity contribution in [3.8, 4) is 16.4 Å². The van der Waals surface area contributed by atoms with Crippen LogP contribution in [-0.2, 0) is 7.05 Å². The molecule has 9 heteroatoms. The fourth-order valence-corrected chi connectivity index (χ4v) is 3.04. The van der Waals surface area contributed by atoms with Crippen LogP contribution in [0.25, 0.3) is 16.4 Å². The van der Waals surface area contributed by atoms with Crippen LogP contribution >= 0.6 is 11.3 Å². The Balaban J connectivity index is 1.58. The van der Waals surface area contributed by atoms with E-state index in [1.807, 2.05) is 17.5 Å². The Morgan fingerprint density at radius 3 is 2.96 bits per heavy atom. The zero-order chi connectivity index (χ0) is 17.2. The quantitative estimate of drug-likeness (QED) is 0.609. The molecule has 4 aromatic heterocycles. The smallest absolute Gasteiger partial charge is 0.275 e. The average Bonchev–Trinajstić information content (AvgIpc) is 3.36. The normalized spacial score (nSPS) is 10.8. The second-order valence-corrected chi connectivity index (χ2v) is 6.15. The summed E-state index contributed by atoms with van der Waals surface area (Å²) in [7, 11) is 1.74. The molecule has 1 N–H and O–H groups in total. The average molecular weight is 351 g/mol. The molecule has 0 spiro atoms. The minimum Gasteiger partial charge on any atom is -0.305 e. The highest BCUT2D eigenvalue weighted by Crippen LogP contribution is 2.24. The van der Waals surface area contributed by atoms with Gasteiger partial charge in [-0.05, 0) is 17.5 Å². The molecule has 4 heterocycles. The van der Waals surface area contributed by atoms with E-state index in [-0.39, 0.29) is 5.91 Å². The second-order valence-electron chi connectivity index (χ2n) is 5.20. The molecule has 4 rings (SSSR count). The molecule has 0 aliphatic heterocycles. The van der Waals surface area contributed by atoms with E-state index in [9.17, 15) is 4.79 Å². The molecular formula is C16H13N7OS. The summed E-state index contributed by atoms with van der Waals surface area (Å²) in [6.45, 7) is 0. The molecule has 0 saturated heterocycles. The Hall–Kier alpha value is -3.33. The highest BCUT2D eigenvalue weighted by Gasteiger charge is 2.15. The van der Waals surface area contributed by atoms with Gasteiger partial charge in [0.25, 0.3) is 5.91 Å². The Morgan fingerprint density at radius 1 is 1.28 bits per heavy atom. The van der Waals surface area contributed by atoms with Gasteiger partial charge in [0.1, 0.15) is 35.7 Å². The molecule has 0 aromatic carbocycles. The number of hydrogen-bond acceptors (Lipinski definition) is 6. The van der Waals surface area contributed by atoms with Gasteiger partial charge in [0.05, 0.1) is 4.88 Å². The summed E-state index contributed by atoms with van der Waals surface area (Å²) in [5.41, 5.74) is 1.22. The molecule has 0 atom stereocenters. The van der Waals surface area contributed by atoms with E-state index in [4.69, 9.17) is 0 Å². The summed E-state index contributed by atoms with van der Waals surface area (Å²) < 4.78 is 3.29. The topological polar surface area (TPSA) is 90.5 Å². The molecule has 0 aliphatic rings. The number of aryl methyl sites for hydroxylation is 1. The van der Waals surface area contributed by atoms with Crippen molar-refractivity contribution in [2.75, 3.05) is 5.32 Å². The van der Waals surface area contributed by atoms with Crippen LogP contribution in [0.5, 0.6) is 0 Å². The second kappa shape index (κ2) is 6.29. The molecular weight excluding hydrogens is 338 g/mol. The van der Waals surface area contributed by atoms with Crippen LogP contribution in [0, 0.1) is 0 Å². The number of aromatic nitrogens is 6. The molecule has 0 radical (unpaired) electrons. The fraction of sp³-hybridized carbons (Fsp3) is 0.0625. The van der Waals surface area contributed by atoms with Gasteiger partial charge in [-0.3, -0.25) is 14.0 Å². The summed E-state index contributed by atoms with van der Waals surface area (Å²) in [5.74, 6) is 0.739. The number of hydrogen-bond donors (Lipinski definition) is 1. The first-order valence-electron chi connectivity index (χ1n) is 7.40. The lowest BCUT2D eigenvalue weighted by Gasteiger charge is -2.06. The Morgan fingerprint density at radius 2 is 2.20 bits per heavy atom. The van der Waals surface area contributed by atoms with Gasteiger partial charge in [-0.2, -0.15) is 5.10 Å². The third-order valence-electron chi connectivity index (χ3n) is 3.55. The number of carbonyl (C=O) groups is 1. The monoisotopic (exact) mass is 351 g/mol. The molecule has 124 valence electrons. The number of amides is 1. The molecule has 8 nitrogen and oxygen atoms in total. The van der Waals surface area contributed by atoms with Gasteiger partial charge in [0.15, 0.2) is 0 Å². The third-order valence-corrected chi connectivity index (χ3v) is 4.44. The van der Waals surface area contributed by atoms with Crippen LogP contribution in [0.2, 0.25) is 0 Å². The van der Waals surface area contributed by atoms with Crippen molar-refractivity contribution in [1.82, 2.24) is 29.3 Å². The Bertz CT molecular complexity index is 1010. The van der Waals surface area contributed by atoms with Crippen molar-refractivity contribution in [3.05, 3.63) is 60.4 Å². The number of nitrogens with one attached hydrogen (secondary N) is 1. The first-order valence-corrected chi connectivity index (χ1v) is 8.28. The van der Waals surface area contributed by atoms with E-state index in [1.54, 1.807) is 58.5 Å². The molecule has 0 unspecified atom stereocenters. The summed E-state index contributed by atoms with van der Waals surface area (Å²) in [6, 6.07) is 7.36. The number of nitrogens with zero attached hydrogens (tertiary/aromatic N) is 6. The number of anilines is 1. The van der Waals surface area contributed by atoms with Gasteiger partial charge in [-0.1, -0.05) is 6.07 Å². The summed E-state index contributed by atoms with van der Waals surface area (Å²) in [5, 5.41) is 9.15. The number of thiophene rings is 1. The van der Waals surface area contributed by atoms with E-state index >= 15 is 0 Å². The van der Waals surface area contributed by atoms with E-state index in [2.05, 4.69) is 25.4 Å². The van der Waals surface area contributed by atoms with E-state index in [0.717, 1.165) is 10.6 Å². The molecule has 0 saturated carbocycles. The van der Waals surface area contributed by atoms with E-state index < -0.39 is 0 Å². The van der Waals surface area contributed by atoms with Crippen LogP contribution in [-0.4, -0.2) is 35.2 Å². The fourth-order valence-electron chi connectivity index (χ4n) is 2.36. The molecule has 0 bridgehead atoms. The molecule has 4 aromatic rings. The summed E-state index contributed by atoms with van der Waals surface area (Å²) in [4.78, 5) is 25.8. The van der Waals surface area contributed by atoms with Gasteiger partial charge in [0, 0.05) is 25.5 Å². The van der Waals surface area contributed by atoms with Crippen molar-refractivity contribution in [1.29, 1.82) is 0 Å². The lowest BCUT2D eigenvalue weighted by atomic mass is 10.3. The zero-order valence-corrected chi connectivity index (χ0v) is 14.0. The molecule has 0 aliphatic carbocycles. The van der Waals surface area contributed by atoms with Crippen LogP contribution in [0.1, 0.15) is 10.5 Å². The third kappa shape index (κ3) is 3.04. The maximum absolute atomic E-state index is 12.6. The SMILES string of the molecule is Cn1nc(-c2cccs2)cc1C(=O)Nc1cc(-n2ccnc2)ncn1. The zero-order valence-electron chi connectivity index (χ0n) is 13.2. The minimum atomic E-state index is -0.284. The van der Waals surface area contributed by atoms with Crippen molar-refractivity contribution >= 4 is 23.1 Å². The standard InChI is InChI=1S/C16H13N7OS/c1-22-12(7-11(21-22)13-3-2-6-25-13)16(24)20-14-8-15(19-9-18-14)23-5-4-17-10-23/h2-10H,1H3,(H,18,19,20,24). The van der Waals surface area contributed by atoms with Crippen LogP contribution in [0.4, 0.5) is 5.82 Å². The maximum Gasteiger partial charge on any atom is 0.275 e. The predicted octanol–water partition coefficient (Wildman–Crippen LogP) is 2.38. The predicted molar refractivity (Wildman–Crippen MR) is 93.6 cm³/mol. The van der Waals surface area contributed by atoms with Gasteiger partial charge >= 0.3 is 0 Å². The van der Waals surface area contributed by atoms with Gasteiger partial charge in [0.2, 0.25) is 0 Å². The highest BCUT2D eigenvalue weighted by molar-refractivity contribution is 7.13. The van der Waals surface area contributed by atoms with Crippen LogP contribution in [0.15, 0.2) is 54.7 Å². The number of carbonyl (C=O) groups excluding carboxylic acids is 1. The van der Waals surface area contributed by atoms with Crippen molar-refractivity contribution in [2.45, 2.75) is 0 Å². The van der Waals surface area contributed by atoms with Crippen molar-refractivity contribution < 1.29 is 4.79 Å². The van der Waals surface area contributed by atoms with Gasteiger partial charge < -0.3 is 5.32 Å². The largest absolute Gasteiger partial charge is 0.305 e. The lowest BCUT2D eigenvalue weighted by molar-refractivity contribution is 0.101. The van der Waals surface area contributed by atoms with Crippen molar-refractivity contribution in [3.63, 3.8) is 0 Å². The summed E-state index contributed by atoms with van der Waals surface area (Å²) in [6.07, 6.45) is 6.44. The molecule has 0 fully saturated rings.